The van der Waals surface area contributed by atoms with E-state index in [4.69, 9.17) is 9.15 Å². The van der Waals surface area contributed by atoms with Crippen molar-refractivity contribution in [1.29, 1.82) is 0 Å². The normalized spacial score (nSPS) is 19.9. The number of halogens is 1. The third-order valence-corrected chi connectivity index (χ3v) is 5.67. The maximum absolute atomic E-state index is 12.7. The standard InChI is InChI=1S/C21H23BrN2O6/c1-3-23-17(25)7-8-21(20(28)29-4-2)11-16(21)24-18(26)14-10-12-9-13(22)5-6-15(12)30-19(14)27/h5-6,9-10,16H,3-4,7-8,11H2,1-2H3,(H,23,25)(H,24,26). The average molecular weight is 479 g/mol. The lowest BCUT2D eigenvalue weighted by atomic mass is 9.98. The van der Waals surface area contributed by atoms with Crippen LogP contribution < -0.4 is 16.3 Å². The van der Waals surface area contributed by atoms with Crippen molar-refractivity contribution in [3.63, 3.8) is 0 Å². The summed E-state index contributed by atoms with van der Waals surface area (Å²) in [7, 11) is 0. The highest BCUT2D eigenvalue weighted by molar-refractivity contribution is 9.10. The van der Waals surface area contributed by atoms with Crippen molar-refractivity contribution in [3.8, 4) is 0 Å². The molecule has 1 heterocycles. The van der Waals surface area contributed by atoms with E-state index in [9.17, 15) is 19.2 Å². The summed E-state index contributed by atoms with van der Waals surface area (Å²) < 4.78 is 11.2. The number of amides is 2. The Morgan fingerprint density at radius 3 is 2.73 bits per heavy atom. The van der Waals surface area contributed by atoms with E-state index in [1.165, 1.54) is 6.07 Å². The molecule has 2 aromatic rings. The van der Waals surface area contributed by atoms with Gasteiger partial charge in [-0.25, -0.2) is 4.79 Å². The molecule has 2 amide bonds. The zero-order valence-electron chi connectivity index (χ0n) is 16.7. The first-order chi connectivity index (χ1) is 14.3. The van der Waals surface area contributed by atoms with Gasteiger partial charge in [-0.1, -0.05) is 15.9 Å². The summed E-state index contributed by atoms with van der Waals surface area (Å²) in [5.74, 6) is -1.24. The van der Waals surface area contributed by atoms with Crippen LogP contribution in [0.2, 0.25) is 0 Å². The highest BCUT2D eigenvalue weighted by Gasteiger charge is 2.61. The molecular weight excluding hydrogens is 456 g/mol. The van der Waals surface area contributed by atoms with Crippen LogP contribution in [0.4, 0.5) is 0 Å². The molecule has 0 radical (unpaired) electrons. The zero-order chi connectivity index (χ0) is 21.9. The van der Waals surface area contributed by atoms with Gasteiger partial charge in [0.25, 0.3) is 5.91 Å². The van der Waals surface area contributed by atoms with Crippen LogP contribution >= 0.6 is 15.9 Å². The summed E-state index contributed by atoms with van der Waals surface area (Å²) in [5, 5.41) is 6.02. The first kappa shape index (κ1) is 22.0. The number of nitrogens with one attached hydrogen (secondary N) is 2. The van der Waals surface area contributed by atoms with Crippen LogP contribution in [0.5, 0.6) is 0 Å². The molecule has 3 rings (SSSR count). The second-order valence-corrected chi connectivity index (χ2v) is 8.11. The van der Waals surface area contributed by atoms with E-state index in [2.05, 4.69) is 26.6 Å². The first-order valence-electron chi connectivity index (χ1n) is 9.79. The number of benzene rings is 1. The van der Waals surface area contributed by atoms with Gasteiger partial charge in [-0.2, -0.15) is 0 Å². The predicted octanol–water partition coefficient (Wildman–Crippen LogP) is 2.52. The van der Waals surface area contributed by atoms with Crippen LogP contribution in [0.3, 0.4) is 0 Å². The molecule has 9 heteroatoms. The molecule has 1 aliphatic carbocycles. The van der Waals surface area contributed by atoms with Crippen LogP contribution in [0.1, 0.15) is 43.5 Å². The third kappa shape index (κ3) is 4.56. The van der Waals surface area contributed by atoms with Crippen LogP contribution in [0, 0.1) is 5.41 Å². The highest BCUT2D eigenvalue weighted by Crippen LogP contribution is 2.51. The molecule has 1 fully saturated rings. The van der Waals surface area contributed by atoms with Gasteiger partial charge in [-0.15, -0.1) is 0 Å². The highest BCUT2D eigenvalue weighted by atomic mass is 79.9. The van der Waals surface area contributed by atoms with Crippen LogP contribution in [0.15, 0.2) is 37.9 Å². The molecule has 2 N–H and O–H groups in total. The Hall–Kier alpha value is -2.68. The van der Waals surface area contributed by atoms with E-state index < -0.39 is 29.0 Å². The summed E-state index contributed by atoms with van der Waals surface area (Å²) in [5.41, 5.74) is -1.49. The summed E-state index contributed by atoms with van der Waals surface area (Å²) in [6, 6.07) is 6.05. The van der Waals surface area contributed by atoms with E-state index in [0.717, 1.165) is 4.47 Å². The minimum atomic E-state index is -0.961. The first-order valence-corrected chi connectivity index (χ1v) is 10.6. The Morgan fingerprint density at radius 1 is 1.27 bits per heavy atom. The van der Waals surface area contributed by atoms with E-state index >= 15 is 0 Å². The van der Waals surface area contributed by atoms with Crippen molar-refractivity contribution in [3.05, 3.63) is 44.7 Å². The molecule has 8 nitrogen and oxygen atoms in total. The maximum Gasteiger partial charge on any atom is 0.349 e. The Kier molecular flexibility index (Phi) is 6.60. The van der Waals surface area contributed by atoms with Crippen molar-refractivity contribution < 1.29 is 23.5 Å². The molecule has 0 aliphatic heterocycles. The molecule has 160 valence electrons. The maximum atomic E-state index is 12.7. The van der Waals surface area contributed by atoms with E-state index in [1.54, 1.807) is 25.1 Å². The fraction of sp³-hybridized carbons (Fsp3) is 0.429. The zero-order valence-corrected chi connectivity index (χ0v) is 18.3. The quantitative estimate of drug-likeness (QED) is 0.444. The summed E-state index contributed by atoms with van der Waals surface area (Å²) in [6.07, 6.45) is 0.745. The van der Waals surface area contributed by atoms with Gasteiger partial charge >= 0.3 is 11.6 Å². The monoisotopic (exact) mass is 478 g/mol. The molecule has 1 aromatic carbocycles. The van der Waals surface area contributed by atoms with Gasteiger partial charge in [0.15, 0.2) is 0 Å². The second-order valence-electron chi connectivity index (χ2n) is 7.19. The molecule has 1 aliphatic rings. The summed E-state index contributed by atoms with van der Waals surface area (Å²) >= 11 is 3.34. The van der Waals surface area contributed by atoms with E-state index in [1.807, 2.05) is 6.92 Å². The number of fused-ring (bicyclic) bond motifs is 1. The number of hydrogen-bond acceptors (Lipinski definition) is 6. The number of rotatable bonds is 8. The van der Waals surface area contributed by atoms with Crippen molar-refractivity contribution in [2.24, 2.45) is 5.41 Å². The Balaban J connectivity index is 1.77. The molecular formula is C21H23BrN2O6. The topological polar surface area (TPSA) is 115 Å². The molecule has 1 saturated carbocycles. The molecule has 2 unspecified atom stereocenters. The fourth-order valence-corrected chi connectivity index (χ4v) is 3.86. The molecule has 0 bridgehead atoms. The predicted molar refractivity (Wildman–Crippen MR) is 113 cm³/mol. The fourth-order valence-electron chi connectivity index (χ4n) is 3.48. The number of esters is 1. The van der Waals surface area contributed by atoms with Crippen molar-refractivity contribution in [1.82, 2.24) is 10.6 Å². The van der Waals surface area contributed by atoms with E-state index in [0.29, 0.717) is 23.9 Å². The molecule has 1 aromatic heterocycles. The minimum Gasteiger partial charge on any atom is -0.466 e. The third-order valence-electron chi connectivity index (χ3n) is 5.17. The lowest BCUT2D eigenvalue weighted by molar-refractivity contribution is -0.150. The lowest BCUT2D eigenvalue weighted by Crippen LogP contribution is -2.36. The molecule has 30 heavy (non-hydrogen) atoms. The Bertz CT molecular complexity index is 1050. The Morgan fingerprint density at radius 2 is 2.03 bits per heavy atom. The van der Waals surface area contributed by atoms with E-state index in [-0.39, 0.29) is 30.9 Å². The molecule has 2 atom stereocenters. The number of ether oxygens (including phenoxy) is 1. The SMILES string of the molecule is CCNC(=O)CCC1(C(=O)OCC)CC1NC(=O)c1cc2cc(Br)ccc2oc1=O. The van der Waals surface area contributed by atoms with Gasteiger partial charge in [-0.05, 0) is 51.0 Å². The average Bonchev–Trinajstić information content (AvgIpc) is 3.40. The van der Waals surface area contributed by atoms with Crippen molar-refractivity contribution in [2.45, 2.75) is 39.2 Å². The summed E-state index contributed by atoms with van der Waals surface area (Å²) in [6.45, 7) is 4.21. The van der Waals surface area contributed by atoms with Crippen molar-refractivity contribution in [2.75, 3.05) is 13.2 Å². The number of hydrogen-bond donors (Lipinski definition) is 2. The molecule has 0 saturated heterocycles. The second kappa shape index (κ2) is 8.99. The van der Waals surface area contributed by atoms with Gasteiger partial charge in [-0.3, -0.25) is 14.4 Å². The summed E-state index contributed by atoms with van der Waals surface area (Å²) in [4.78, 5) is 49.4. The lowest BCUT2D eigenvalue weighted by Gasteiger charge is -2.16. The van der Waals surface area contributed by atoms with Gasteiger partial charge < -0.3 is 19.8 Å². The molecule has 0 spiro atoms. The minimum absolute atomic E-state index is 0.144. The van der Waals surface area contributed by atoms with Gasteiger partial charge in [0.2, 0.25) is 5.91 Å². The largest absolute Gasteiger partial charge is 0.466 e. The number of carbonyl (C=O) groups excluding carboxylic acids is 3. The van der Waals surface area contributed by atoms with Gasteiger partial charge in [0.1, 0.15) is 11.1 Å². The van der Waals surface area contributed by atoms with Gasteiger partial charge in [0, 0.05) is 28.9 Å². The van der Waals surface area contributed by atoms with Crippen LogP contribution in [-0.2, 0) is 14.3 Å². The van der Waals surface area contributed by atoms with Crippen LogP contribution in [0.25, 0.3) is 11.0 Å². The Labute approximate surface area is 181 Å². The number of carbonyl (C=O) groups is 3. The smallest absolute Gasteiger partial charge is 0.349 e. The van der Waals surface area contributed by atoms with Crippen LogP contribution in [-0.4, -0.2) is 37.0 Å². The van der Waals surface area contributed by atoms with Crippen molar-refractivity contribution >= 4 is 44.7 Å². The van der Waals surface area contributed by atoms with Gasteiger partial charge in [0.05, 0.1) is 12.0 Å².